The lowest BCUT2D eigenvalue weighted by Crippen LogP contribution is -2.45. The number of hydrogen-bond donors (Lipinski definition) is 2. The van der Waals surface area contributed by atoms with Gasteiger partial charge in [0.1, 0.15) is 0 Å². The summed E-state index contributed by atoms with van der Waals surface area (Å²) in [5.41, 5.74) is 0.921. The van der Waals surface area contributed by atoms with Crippen molar-refractivity contribution < 1.29 is 4.79 Å². The van der Waals surface area contributed by atoms with Gasteiger partial charge in [-0.25, -0.2) is 0 Å². The molecule has 0 aliphatic carbocycles. The van der Waals surface area contributed by atoms with Crippen LogP contribution < -0.4 is 10.6 Å². The van der Waals surface area contributed by atoms with E-state index in [-0.39, 0.29) is 18.0 Å². The van der Waals surface area contributed by atoms with E-state index in [1.54, 1.807) is 18.2 Å². The minimum absolute atomic E-state index is 0.0905. The van der Waals surface area contributed by atoms with Gasteiger partial charge in [-0.1, -0.05) is 18.5 Å². The van der Waals surface area contributed by atoms with E-state index >= 15 is 0 Å². The van der Waals surface area contributed by atoms with Crippen LogP contribution >= 0.6 is 11.6 Å². The third kappa shape index (κ3) is 4.80. The Kier molecular flexibility index (Phi) is 5.20. The highest BCUT2D eigenvalue weighted by atomic mass is 35.5. The van der Waals surface area contributed by atoms with Crippen LogP contribution in [-0.4, -0.2) is 18.0 Å². The fourth-order valence-electron chi connectivity index (χ4n) is 1.41. The number of halogens is 1. The third-order valence-electron chi connectivity index (χ3n) is 2.90. The molecule has 0 radical (unpaired) electrons. The van der Waals surface area contributed by atoms with E-state index in [9.17, 15) is 4.79 Å². The Morgan fingerprint density at radius 3 is 2.68 bits per heavy atom. The van der Waals surface area contributed by atoms with Gasteiger partial charge in [-0.05, 0) is 38.5 Å². The van der Waals surface area contributed by atoms with Gasteiger partial charge in [0.05, 0.1) is 28.9 Å². The van der Waals surface area contributed by atoms with Crippen LogP contribution in [0.25, 0.3) is 0 Å². The Labute approximate surface area is 118 Å². The summed E-state index contributed by atoms with van der Waals surface area (Å²) in [5.74, 6) is -0.0905. The SMILES string of the molecule is CCC(C)(C)NC(=O)CNc1ccc(C#N)cc1Cl. The second-order valence-electron chi connectivity index (χ2n) is 4.95. The lowest BCUT2D eigenvalue weighted by atomic mass is 10.0. The molecule has 102 valence electrons. The van der Waals surface area contributed by atoms with Crippen LogP contribution in [0.1, 0.15) is 32.8 Å². The molecule has 0 saturated carbocycles. The molecule has 0 saturated heterocycles. The molecule has 4 nitrogen and oxygen atoms in total. The van der Waals surface area contributed by atoms with Crippen LogP contribution in [0.5, 0.6) is 0 Å². The molecule has 0 spiro atoms. The number of carbonyl (C=O) groups is 1. The van der Waals surface area contributed by atoms with Crippen molar-refractivity contribution in [3.8, 4) is 6.07 Å². The maximum atomic E-state index is 11.8. The largest absolute Gasteiger partial charge is 0.375 e. The van der Waals surface area contributed by atoms with Crippen LogP contribution in [0.3, 0.4) is 0 Å². The molecule has 0 atom stereocenters. The predicted molar refractivity (Wildman–Crippen MR) is 77.2 cm³/mol. The van der Waals surface area contributed by atoms with E-state index in [0.29, 0.717) is 16.3 Å². The summed E-state index contributed by atoms with van der Waals surface area (Å²) >= 11 is 6.01. The minimum atomic E-state index is -0.215. The highest BCUT2D eigenvalue weighted by Crippen LogP contribution is 2.22. The summed E-state index contributed by atoms with van der Waals surface area (Å²) in [6.45, 7) is 6.11. The minimum Gasteiger partial charge on any atom is -0.375 e. The summed E-state index contributed by atoms with van der Waals surface area (Å²) in [7, 11) is 0. The lowest BCUT2D eigenvalue weighted by molar-refractivity contribution is -0.121. The second kappa shape index (κ2) is 6.44. The first kappa shape index (κ1) is 15.3. The quantitative estimate of drug-likeness (QED) is 0.871. The topological polar surface area (TPSA) is 64.9 Å². The van der Waals surface area contributed by atoms with Crippen LogP contribution in [0.2, 0.25) is 5.02 Å². The zero-order chi connectivity index (χ0) is 14.5. The number of nitrogens with one attached hydrogen (secondary N) is 2. The first-order valence-electron chi connectivity index (χ1n) is 6.12. The van der Waals surface area contributed by atoms with E-state index in [1.807, 2.05) is 26.8 Å². The van der Waals surface area contributed by atoms with Crippen molar-refractivity contribution in [3.05, 3.63) is 28.8 Å². The molecule has 0 heterocycles. The zero-order valence-electron chi connectivity index (χ0n) is 11.4. The summed E-state index contributed by atoms with van der Waals surface area (Å²) in [4.78, 5) is 11.8. The maximum absolute atomic E-state index is 11.8. The van der Waals surface area contributed by atoms with Crippen molar-refractivity contribution in [2.24, 2.45) is 0 Å². The number of nitriles is 1. The Bertz CT molecular complexity index is 506. The first-order valence-corrected chi connectivity index (χ1v) is 6.50. The Morgan fingerprint density at radius 1 is 1.47 bits per heavy atom. The summed E-state index contributed by atoms with van der Waals surface area (Å²) < 4.78 is 0. The highest BCUT2D eigenvalue weighted by Gasteiger charge is 2.17. The van der Waals surface area contributed by atoms with E-state index in [4.69, 9.17) is 16.9 Å². The molecule has 19 heavy (non-hydrogen) atoms. The van der Waals surface area contributed by atoms with E-state index in [1.165, 1.54) is 0 Å². The van der Waals surface area contributed by atoms with Gasteiger partial charge in [-0.3, -0.25) is 4.79 Å². The fourth-order valence-corrected chi connectivity index (χ4v) is 1.66. The number of rotatable bonds is 5. The standard InChI is InChI=1S/C14H18ClN3O/c1-4-14(2,3)18-13(19)9-17-12-6-5-10(8-16)7-11(12)15/h5-7,17H,4,9H2,1-3H3,(H,18,19). The Morgan fingerprint density at radius 2 is 2.16 bits per heavy atom. The van der Waals surface area contributed by atoms with Crippen LogP contribution in [0.4, 0.5) is 5.69 Å². The van der Waals surface area contributed by atoms with Gasteiger partial charge in [-0.15, -0.1) is 0 Å². The predicted octanol–water partition coefficient (Wildman–Crippen LogP) is 2.93. The molecule has 0 aromatic heterocycles. The molecule has 0 aliphatic rings. The van der Waals surface area contributed by atoms with E-state index < -0.39 is 0 Å². The van der Waals surface area contributed by atoms with Gasteiger partial charge in [0.2, 0.25) is 5.91 Å². The van der Waals surface area contributed by atoms with Crippen molar-refractivity contribution in [2.75, 3.05) is 11.9 Å². The normalized spacial score (nSPS) is 10.7. The number of amides is 1. The lowest BCUT2D eigenvalue weighted by Gasteiger charge is -2.24. The average Bonchev–Trinajstić information content (AvgIpc) is 2.36. The first-order chi connectivity index (χ1) is 8.88. The number of carbonyl (C=O) groups excluding carboxylic acids is 1. The molecule has 1 aromatic carbocycles. The van der Waals surface area contributed by atoms with Gasteiger partial charge < -0.3 is 10.6 Å². The molecule has 5 heteroatoms. The summed E-state index contributed by atoms with van der Waals surface area (Å²) in [6.07, 6.45) is 0.858. The number of nitrogens with zero attached hydrogens (tertiary/aromatic N) is 1. The monoisotopic (exact) mass is 279 g/mol. The second-order valence-corrected chi connectivity index (χ2v) is 5.35. The maximum Gasteiger partial charge on any atom is 0.239 e. The molecule has 0 unspecified atom stereocenters. The Hall–Kier alpha value is -1.73. The molecule has 2 N–H and O–H groups in total. The summed E-state index contributed by atoms with van der Waals surface area (Å²) in [6, 6.07) is 6.92. The molecule has 1 rings (SSSR count). The molecule has 1 aromatic rings. The molecule has 0 bridgehead atoms. The van der Waals surface area contributed by atoms with Crippen molar-refractivity contribution in [1.29, 1.82) is 5.26 Å². The van der Waals surface area contributed by atoms with Crippen molar-refractivity contribution in [2.45, 2.75) is 32.7 Å². The molecular weight excluding hydrogens is 262 g/mol. The smallest absolute Gasteiger partial charge is 0.239 e. The van der Waals surface area contributed by atoms with Crippen LogP contribution in [-0.2, 0) is 4.79 Å². The van der Waals surface area contributed by atoms with Crippen LogP contribution in [0.15, 0.2) is 18.2 Å². The van der Waals surface area contributed by atoms with Crippen molar-refractivity contribution >= 4 is 23.2 Å². The summed E-state index contributed by atoms with van der Waals surface area (Å²) in [5, 5.41) is 15.0. The van der Waals surface area contributed by atoms with Gasteiger partial charge in [0, 0.05) is 5.54 Å². The molecule has 0 aliphatic heterocycles. The Balaban J connectivity index is 2.58. The number of anilines is 1. The van der Waals surface area contributed by atoms with E-state index in [0.717, 1.165) is 6.42 Å². The molecule has 0 fully saturated rings. The van der Waals surface area contributed by atoms with Gasteiger partial charge in [0.15, 0.2) is 0 Å². The van der Waals surface area contributed by atoms with Crippen molar-refractivity contribution in [3.63, 3.8) is 0 Å². The molecular formula is C14H18ClN3O. The average molecular weight is 280 g/mol. The van der Waals surface area contributed by atoms with Gasteiger partial charge >= 0.3 is 0 Å². The van der Waals surface area contributed by atoms with Gasteiger partial charge in [0.25, 0.3) is 0 Å². The number of hydrogen-bond acceptors (Lipinski definition) is 3. The van der Waals surface area contributed by atoms with Gasteiger partial charge in [-0.2, -0.15) is 5.26 Å². The van der Waals surface area contributed by atoms with E-state index in [2.05, 4.69) is 10.6 Å². The molecule has 1 amide bonds. The van der Waals surface area contributed by atoms with Crippen molar-refractivity contribution in [1.82, 2.24) is 5.32 Å². The third-order valence-corrected chi connectivity index (χ3v) is 3.21. The highest BCUT2D eigenvalue weighted by molar-refractivity contribution is 6.33. The fraction of sp³-hybridized carbons (Fsp3) is 0.429. The van der Waals surface area contributed by atoms with Crippen LogP contribution in [0, 0.1) is 11.3 Å². The zero-order valence-corrected chi connectivity index (χ0v) is 12.1. The number of benzene rings is 1.